The number of thioether (sulfide) groups is 2. The molecule has 7 heteroatoms. The highest BCUT2D eigenvalue weighted by Gasteiger charge is 2.79. The minimum absolute atomic E-state index is 0.0343. The van der Waals surface area contributed by atoms with Gasteiger partial charge in [0.2, 0.25) is 0 Å². The maximum atomic E-state index is 12.2. The van der Waals surface area contributed by atoms with Crippen molar-refractivity contribution in [1.82, 2.24) is 0 Å². The van der Waals surface area contributed by atoms with Crippen LogP contribution >= 0.6 is 23.5 Å². The van der Waals surface area contributed by atoms with Crippen molar-refractivity contribution in [3.05, 3.63) is 11.6 Å². The SMILES string of the molecule is CC(=O)O[C@@H]([C@H]1C[C@@H](C)[C@H]2[C@H](O1)C1(SCCS1)[C@@]1(C)[C@@H]3CC[C@H]4C(C)(C)C(O)CC[C@]4(C)C3=CC[C@]21C)C(C)(C)O. The monoisotopic (exact) mass is 606 g/mol. The fourth-order valence-corrected chi connectivity index (χ4v) is 15.8. The van der Waals surface area contributed by atoms with E-state index in [1.165, 1.54) is 19.8 Å². The molecule has 0 amide bonds. The highest BCUT2D eigenvalue weighted by Crippen LogP contribution is 2.82. The van der Waals surface area contributed by atoms with E-state index in [4.69, 9.17) is 9.47 Å². The quantitative estimate of drug-likeness (QED) is 0.269. The molecule has 5 fully saturated rings. The molecule has 1 unspecified atom stereocenters. The summed E-state index contributed by atoms with van der Waals surface area (Å²) in [6.45, 7) is 19.7. The molecule has 0 aromatic carbocycles. The number of carbonyl (C=O) groups is 1. The van der Waals surface area contributed by atoms with Crippen molar-refractivity contribution in [2.24, 2.45) is 45.3 Å². The van der Waals surface area contributed by atoms with Crippen molar-refractivity contribution < 1.29 is 24.5 Å². The van der Waals surface area contributed by atoms with E-state index in [1.54, 1.807) is 19.4 Å². The van der Waals surface area contributed by atoms with Crippen LogP contribution in [0.2, 0.25) is 0 Å². The first-order chi connectivity index (χ1) is 18.9. The van der Waals surface area contributed by atoms with Crippen LogP contribution in [0.3, 0.4) is 0 Å². The molecule has 2 aliphatic heterocycles. The van der Waals surface area contributed by atoms with E-state index >= 15 is 0 Å². The lowest BCUT2D eigenvalue weighted by molar-refractivity contribution is -0.207. The molecule has 4 aliphatic carbocycles. The lowest BCUT2D eigenvalue weighted by Gasteiger charge is -2.65. The summed E-state index contributed by atoms with van der Waals surface area (Å²) in [5, 5.41) is 22.2. The Bertz CT molecular complexity index is 1110. The molecule has 11 atom stereocenters. The summed E-state index contributed by atoms with van der Waals surface area (Å²) >= 11 is 4.29. The number of allylic oxidation sites excluding steroid dienone is 2. The molecule has 0 bridgehead atoms. The van der Waals surface area contributed by atoms with Gasteiger partial charge in [-0.05, 0) is 92.3 Å². The second-order valence-corrected chi connectivity index (χ2v) is 19.3. The first kappa shape index (κ1) is 30.8. The predicted molar refractivity (Wildman–Crippen MR) is 168 cm³/mol. The minimum Gasteiger partial charge on any atom is -0.457 e. The normalized spacial score (nSPS) is 48.9. The summed E-state index contributed by atoms with van der Waals surface area (Å²) in [4.78, 5) is 12.2. The summed E-state index contributed by atoms with van der Waals surface area (Å²) in [7, 11) is 0. The Hall–Kier alpha value is -0.210. The van der Waals surface area contributed by atoms with Gasteiger partial charge in [-0.1, -0.05) is 53.2 Å². The standard InChI is InChI=1S/C34H54O5S2/c1-19-18-23(27(30(5,6)37)38-20(2)35)39-28-26(19)32(8)15-12-21-22(33(32,9)34(28)40-16-17-41-34)10-11-24-29(3,4)25(36)13-14-31(21,24)7/h12,19,22-28,36-37H,10-11,13-18H2,1-9H3/t19-,22-,23-,24+,25?,26+,27+,28+,31-,32-,33+/m1/s1. The van der Waals surface area contributed by atoms with Crippen LogP contribution in [0.4, 0.5) is 0 Å². The third-order valence-electron chi connectivity index (χ3n) is 13.6. The second-order valence-electron chi connectivity index (χ2n) is 16.3. The molecule has 6 rings (SSSR count). The van der Waals surface area contributed by atoms with Gasteiger partial charge in [-0.3, -0.25) is 4.79 Å². The molecular formula is C34H54O5S2. The number of hydrogen-bond acceptors (Lipinski definition) is 7. The Labute approximate surface area is 256 Å². The Morgan fingerprint density at radius 2 is 1.78 bits per heavy atom. The molecule has 2 N–H and O–H groups in total. The van der Waals surface area contributed by atoms with E-state index < -0.39 is 11.7 Å². The first-order valence-corrected chi connectivity index (χ1v) is 18.1. The number of fused-ring (bicyclic) bond motifs is 9. The van der Waals surface area contributed by atoms with E-state index in [0.29, 0.717) is 23.7 Å². The number of rotatable bonds is 3. The van der Waals surface area contributed by atoms with Crippen molar-refractivity contribution in [2.75, 3.05) is 11.5 Å². The van der Waals surface area contributed by atoms with E-state index in [-0.39, 0.29) is 50.0 Å². The van der Waals surface area contributed by atoms with Crippen LogP contribution in [0, 0.1) is 45.3 Å². The van der Waals surface area contributed by atoms with Crippen LogP contribution in [-0.4, -0.2) is 61.8 Å². The molecule has 3 saturated carbocycles. The Morgan fingerprint density at radius 1 is 1.12 bits per heavy atom. The summed E-state index contributed by atoms with van der Waals surface area (Å²) in [5.74, 6) is 3.66. The molecule has 0 aromatic rings. The van der Waals surface area contributed by atoms with Gasteiger partial charge in [0.1, 0.15) is 0 Å². The van der Waals surface area contributed by atoms with E-state index in [1.807, 2.05) is 0 Å². The van der Waals surface area contributed by atoms with Crippen LogP contribution < -0.4 is 0 Å². The Kier molecular flexibility index (Phi) is 7.25. The fraction of sp³-hybridized carbons (Fsp3) is 0.912. The fourth-order valence-electron chi connectivity index (χ4n) is 11.7. The van der Waals surface area contributed by atoms with Gasteiger partial charge in [0.05, 0.1) is 28.0 Å². The van der Waals surface area contributed by atoms with Crippen LogP contribution in [0.25, 0.3) is 0 Å². The van der Waals surface area contributed by atoms with Crippen LogP contribution in [0.15, 0.2) is 11.6 Å². The van der Waals surface area contributed by atoms with Gasteiger partial charge in [-0.15, -0.1) is 23.5 Å². The van der Waals surface area contributed by atoms with Crippen molar-refractivity contribution in [3.63, 3.8) is 0 Å². The molecule has 1 spiro atoms. The average Bonchev–Trinajstić information content (AvgIpc) is 3.43. The molecule has 0 radical (unpaired) electrons. The summed E-state index contributed by atoms with van der Waals surface area (Å²) in [5.41, 5.74) is 0.651. The summed E-state index contributed by atoms with van der Waals surface area (Å²) < 4.78 is 13.0. The number of aliphatic hydroxyl groups excluding tert-OH is 1. The summed E-state index contributed by atoms with van der Waals surface area (Å²) in [6, 6.07) is 0. The van der Waals surface area contributed by atoms with Crippen LogP contribution in [-0.2, 0) is 14.3 Å². The number of ether oxygens (including phenoxy) is 2. The number of carbonyl (C=O) groups excluding carboxylic acids is 1. The highest BCUT2D eigenvalue weighted by molar-refractivity contribution is 8.21. The molecule has 6 aliphatic rings. The molecule has 232 valence electrons. The first-order valence-electron chi connectivity index (χ1n) is 16.2. The summed E-state index contributed by atoms with van der Waals surface area (Å²) in [6.07, 6.45) is 7.61. The van der Waals surface area contributed by atoms with Crippen LogP contribution in [0.1, 0.15) is 101 Å². The predicted octanol–water partition coefficient (Wildman–Crippen LogP) is 6.84. The van der Waals surface area contributed by atoms with Gasteiger partial charge in [0, 0.05) is 23.8 Å². The number of esters is 1. The van der Waals surface area contributed by atoms with Crippen molar-refractivity contribution in [3.8, 4) is 0 Å². The second kappa shape index (κ2) is 9.64. The van der Waals surface area contributed by atoms with Crippen molar-refractivity contribution in [1.29, 1.82) is 0 Å². The maximum Gasteiger partial charge on any atom is 0.303 e. The van der Waals surface area contributed by atoms with E-state index in [2.05, 4.69) is 71.1 Å². The Balaban J connectivity index is 1.44. The minimum atomic E-state index is -1.19. The highest BCUT2D eigenvalue weighted by atomic mass is 32.2. The zero-order valence-electron chi connectivity index (χ0n) is 26.8. The zero-order chi connectivity index (χ0) is 30.0. The number of hydrogen-bond donors (Lipinski definition) is 2. The van der Waals surface area contributed by atoms with Gasteiger partial charge < -0.3 is 19.7 Å². The third-order valence-corrected chi connectivity index (χ3v) is 17.6. The zero-order valence-corrected chi connectivity index (χ0v) is 28.4. The molecule has 2 heterocycles. The molecular weight excluding hydrogens is 553 g/mol. The van der Waals surface area contributed by atoms with Gasteiger partial charge in [-0.2, -0.15) is 0 Å². The largest absolute Gasteiger partial charge is 0.457 e. The van der Waals surface area contributed by atoms with E-state index in [9.17, 15) is 15.0 Å². The average molecular weight is 607 g/mol. The lowest BCUT2D eigenvalue weighted by atomic mass is 9.41. The maximum absolute atomic E-state index is 12.2. The number of aliphatic hydroxyl groups is 2. The van der Waals surface area contributed by atoms with Gasteiger partial charge >= 0.3 is 5.97 Å². The third kappa shape index (κ3) is 3.96. The molecule has 5 nitrogen and oxygen atoms in total. The molecule has 0 aromatic heterocycles. The van der Waals surface area contributed by atoms with Gasteiger partial charge in [0.25, 0.3) is 0 Å². The molecule has 41 heavy (non-hydrogen) atoms. The Morgan fingerprint density at radius 3 is 2.39 bits per heavy atom. The topological polar surface area (TPSA) is 76.0 Å². The van der Waals surface area contributed by atoms with Crippen molar-refractivity contribution >= 4 is 29.5 Å². The van der Waals surface area contributed by atoms with Gasteiger partial charge in [-0.25, -0.2) is 0 Å². The molecule has 2 saturated heterocycles. The smallest absolute Gasteiger partial charge is 0.303 e. The van der Waals surface area contributed by atoms with Gasteiger partial charge in [0.15, 0.2) is 6.10 Å². The van der Waals surface area contributed by atoms with Crippen molar-refractivity contribution in [2.45, 2.75) is 135 Å². The lowest BCUT2D eigenvalue weighted by Crippen LogP contribution is -2.61. The van der Waals surface area contributed by atoms with Crippen LogP contribution in [0.5, 0.6) is 0 Å². The van der Waals surface area contributed by atoms with E-state index in [0.717, 1.165) is 37.2 Å².